The fourth-order valence-corrected chi connectivity index (χ4v) is 4.04. The maximum atomic E-state index is 12.3. The minimum atomic E-state index is 0.231. The normalized spacial score (nSPS) is 16.6. The quantitative estimate of drug-likeness (QED) is 0.861. The van der Waals surface area contributed by atoms with E-state index in [4.69, 9.17) is 0 Å². The average Bonchev–Trinajstić information content (AvgIpc) is 2.85. The van der Waals surface area contributed by atoms with Gasteiger partial charge in [0, 0.05) is 10.8 Å². The molecular weight excluding hydrogens is 268 g/mol. The molecule has 0 spiro atoms. The van der Waals surface area contributed by atoms with Crippen LogP contribution >= 0.6 is 11.8 Å². The molecule has 1 aliphatic carbocycles. The summed E-state index contributed by atoms with van der Waals surface area (Å²) in [5.41, 5.74) is 2.68. The average molecular weight is 288 g/mol. The first kappa shape index (κ1) is 13.7. The molecule has 0 unspecified atom stereocenters. The van der Waals surface area contributed by atoms with Gasteiger partial charge in [-0.2, -0.15) is 11.8 Å². The zero-order chi connectivity index (χ0) is 13.9. The van der Waals surface area contributed by atoms with E-state index >= 15 is 0 Å². The minimum absolute atomic E-state index is 0.231. The van der Waals surface area contributed by atoms with Crippen molar-refractivity contribution in [2.75, 3.05) is 5.75 Å². The Labute approximate surface area is 123 Å². The number of aromatic nitrogens is 2. The van der Waals surface area contributed by atoms with E-state index in [9.17, 15) is 4.79 Å². The van der Waals surface area contributed by atoms with Crippen LogP contribution in [-0.4, -0.2) is 26.8 Å². The van der Waals surface area contributed by atoms with E-state index in [1.807, 2.05) is 36.9 Å². The molecule has 0 amide bonds. The zero-order valence-electron chi connectivity index (χ0n) is 11.8. The largest absolute Gasteiger partial charge is 0.342 e. The van der Waals surface area contributed by atoms with Crippen LogP contribution in [-0.2, 0) is 0 Å². The Bertz CT molecular complexity index is 614. The fraction of sp³-hybridized carbons (Fsp3) is 0.500. The Balaban J connectivity index is 1.65. The molecule has 106 valence electrons. The number of ketones is 1. The molecule has 1 aromatic heterocycles. The second kappa shape index (κ2) is 6.00. The number of carbonyl (C=O) groups is 1. The number of imidazole rings is 1. The highest BCUT2D eigenvalue weighted by atomic mass is 32.2. The van der Waals surface area contributed by atoms with Crippen LogP contribution < -0.4 is 0 Å². The number of thioether (sulfide) groups is 1. The predicted octanol–water partition coefficient (Wildman–Crippen LogP) is 4.12. The number of Topliss-reactive ketones (excluding diaryl/α,β-unsaturated/α-hetero) is 1. The molecule has 20 heavy (non-hydrogen) atoms. The summed E-state index contributed by atoms with van der Waals surface area (Å²) in [6, 6.07) is 5.75. The number of fused-ring (bicyclic) bond motifs is 1. The smallest absolute Gasteiger partial charge is 0.172 e. The maximum Gasteiger partial charge on any atom is 0.172 e. The van der Waals surface area contributed by atoms with Crippen LogP contribution in [0.2, 0.25) is 0 Å². The number of aryl methyl sites for hydroxylation is 1. The molecule has 1 saturated carbocycles. The molecule has 3 nitrogen and oxygen atoms in total. The predicted molar refractivity (Wildman–Crippen MR) is 84.5 cm³/mol. The van der Waals surface area contributed by atoms with Gasteiger partial charge in [0.2, 0.25) is 0 Å². The number of nitrogens with one attached hydrogen (secondary N) is 1. The summed E-state index contributed by atoms with van der Waals surface area (Å²) in [6.07, 6.45) is 6.56. The highest BCUT2D eigenvalue weighted by Crippen LogP contribution is 2.28. The summed E-state index contributed by atoms with van der Waals surface area (Å²) < 4.78 is 0. The molecule has 2 aromatic rings. The number of aromatic amines is 1. The molecule has 0 atom stereocenters. The van der Waals surface area contributed by atoms with Crippen molar-refractivity contribution in [1.82, 2.24) is 9.97 Å². The summed E-state index contributed by atoms with van der Waals surface area (Å²) in [6.45, 7) is 1.93. The summed E-state index contributed by atoms with van der Waals surface area (Å²) in [7, 11) is 0. The summed E-state index contributed by atoms with van der Waals surface area (Å²) >= 11 is 1.84. The first-order valence-corrected chi connectivity index (χ1v) is 8.38. The van der Waals surface area contributed by atoms with Crippen LogP contribution in [0.25, 0.3) is 11.0 Å². The van der Waals surface area contributed by atoms with Crippen LogP contribution in [0.5, 0.6) is 0 Å². The monoisotopic (exact) mass is 288 g/mol. The number of benzene rings is 1. The SMILES string of the molecule is Cc1nc2ccc(C(=O)CSC3CCCCC3)cc2[nH]1. The van der Waals surface area contributed by atoms with Crippen LogP contribution in [0.4, 0.5) is 0 Å². The van der Waals surface area contributed by atoms with Gasteiger partial charge in [-0.05, 0) is 38.0 Å². The van der Waals surface area contributed by atoms with E-state index in [1.165, 1.54) is 32.1 Å². The lowest BCUT2D eigenvalue weighted by Gasteiger charge is -2.20. The Hall–Kier alpha value is -1.29. The van der Waals surface area contributed by atoms with E-state index in [0.29, 0.717) is 11.0 Å². The van der Waals surface area contributed by atoms with Gasteiger partial charge in [-0.1, -0.05) is 19.3 Å². The molecule has 1 N–H and O–H groups in total. The second-order valence-electron chi connectivity index (χ2n) is 5.55. The first-order chi connectivity index (χ1) is 9.72. The molecular formula is C16H20N2OS. The van der Waals surface area contributed by atoms with E-state index in [2.05, 4.69) is 9.97 Å². The van der Waals surface area contributed by atoms with Crippen molar-refractivity contribution in [3.8, 4) is 0 Å². The van der Waals surface area contributed by atoms with Crippen molar-refractivity contribution in [3.63, 3.8) is 0 Å². The fourth-order valence-electron chi connectivity index (χ4n) is 2.82. The Morgan fingerprint density at radius 3 is 2.95 bits per heavy atom. The third-order valence-corrected chi connectivity index (χ3v) is 5.30. The zero-order valence-corrected chi connectivity index (χ0v) is 12.6. The first-order valence-electron chi connectivity index (χ1n) is 7.33. The highest BCUT2D eigenvalue weighted by molar-refractivity contribution is 8.00. The molecule has 3 rings (SSSR count). The third kappa shape index (κ3) is 3.06. The van der Waals surface area contributed by atoms with E-state index in [-0.39, 0.29) is 5.78 Å². The third-order valence-electron chi connectivity index (χ3n) is 3.92. The van der Waals surface area contributed by atoms with Gasteiger partial charge < -0.3 is 4.98 Å². The number of H-pyrrole nitrogens is 1. The number of carbonyl (C=O) groups excluding carboxylic acids is 1. The maximum absolute atomic E-state index is 12.3. The highest BCUT2D eigenvalue weighted by Gasteiger charge is 2.16. The molecule has 0 radical (unpaired) electrons. The number of hydrogen-bond donors (Lipinski definition) is 1. The molecule has 4 heteroatoms. The second-order valence-corrected chi connectivity index (χ2v) is 6.84. The van der Waals surface area contributed by atoms with Gasteiger partial charge in [-0.25, -0.2) is 4.98 Å². The Kier molecular flexibility index (Phi) is 4.10. The van der Waals surface area contributed by atoms with E-state index < -0.39 is 0 Å². The Morgan fingerprint density at radius 2 is 2.15 bits per heavy atom. The number of hydrogen-bond acceptors (Lipinski definition) is 3. The van der Waals surface area contributed by atoms with Crippen molar-refractivity contribution in [1.29, 1.82) is 0 Å². The van der Waals surface area contributed by atoms with Crippen molar-refractivity contribution >= 4 is 28.6 Å². The van der Waals surface area contributed by atoms with E-state index in [1.54, 1.807) is 0 Å². The molecule has 0 saturated heterocycles. The molecule has 1 aromatic carbocycles. The molecule has 0 bridgehead atoms. The van der Waals surface area contributed by atoms with Crippen LogP contribution in [0.3, 0.4) is 0 Å². The molecule has 1 heterocycles. The Morgan fingerprint density at radius 1 is 1.35 bits per heavy atom. The van der Waals surface area contributed by atoms with Crippen molar-refractivity contribution < 1.29 is 4.79 Å². The standard InChI is InChI=1S/C16H20N2OS/c1-11-17-14-8-7-12(9-15(14)18-11)16(19)10-20-13-5-3-2-4-6-13/h7-9,13H,2-6,10H2,1H3,(H,17,18). The van der Waals surface area contributed by atoms with Crippen LogP contribution in [0.15, 0.2) is 18.2 Å². The topological polar surface area (TPSA) is 45.8 Å². The summed E-state index contributed by atoms with van der Waals surface area (Å²) in [5.74, 6) is 1.72. The van der Waals surface area contributed by atoms with Crippen LogP contribution in [0.1, 0.15) is 48.3 Å². The van der Waals surface area contributed by atoms with Gasteiger partial charge in [-0.3, -0.25) is 4.79 Å². The van der Waals surface area contributed by atoms with Gasteiger partial charge in [0.1, 0.15) is 5.82 Å². The van der Waals surface area contributed by atoms with Gasteiger partial charge in [0.25, 0.3) is 0 Å². The lowest BCUT2D eigenvalue weighted by molar-refractivity contribution is 0.102. The lowest BCUT2D eigenvalue weighted by Crippen LogP contribution is -2.12. The minimum Gasteiger partial charge on any atom is -0.342 e. The number of rotatable bonds is 4. The number of nitrogens with zero attached hydrogens (tertiary/aromatic N) is 1. The molecule has 0 aliphatic heterocycles. The van der Waals surface area contributed by atoms with E-state index in [0.717, 1.165) is 22.4 Å². The van der Waals surface area contributed by atoms with Crippen molar-refractivity contribution in [2.45, 2.75) is 44.3 Å². The van der Waals surface area contributed by atoms with Crippen molar-refractivity contribution in [3.05, 3.63) is 29.6 Å². The van der Waals surface area contributed by atoms with Gasteiger partial charge in [-0.15, -0.1) is 0 Å². The van der Waals surface area contributed by atoms with Crippen LogP contribution in [0, 0.1) is 6.92 Å². The van der Waals surface area contributed by atoms with Gasteiger partial charge in [0.05, 0.1) is 16.8 Å². The van der Waals surface area contributed by atoms with Crippen molar-refractivity contribution in [2.24, 2.45) is 0 Å². The summed E-state index contributed by atoms with van der Waals surface area (Å²) in [4.78, 5) is 19.8. The molecule has 1 fully saturated rings. The summed E-state index contributed by atoms with van der Waals surface area (Å²) in [5, 5.41) is 0.686. The van der Waals surface area contributed by atoms with Gasteiger partial charge in [0.15, 0.2) is 5.78 Å². The lowest BCUT2D eigenvalue weighted by atomic mass is 10.0. The molecule has 1 aliphatic rings. The van der Waals surface area contributed by atoms with Gasteiger partial charge >= 0.3 is 0 Å².